The number of carbonyl (C=O) groups excluding carboxylic acids is 1. The van der Waals surface area contributed by atoms with Gasteiger partial charge in [-0.1, -0.05) is 12.1 Å². The molecule has 1 aromatic carbocycles. The second kappa shape index (κ2) is 8.57. The molecule has 0 unspecified atom stereocenters. The zero-order valence-electron chi connectivity index (χ0n) is 16.9. The van der Waals surface area contributed by atoms with E-state index in [9.17, 15) is 14.4 Å². The number of hydrogen-bond donors (Lipinski definition) is 3. The third kappa shape index (κ3) is 4.52. The summed E-state index contributed by atoms with van der Waals surface area (Å²) in [6, 6.07) is 10.4. The number of benzene rings is 1. The Morgan fingerprint density at radius 2 is 1.93 bits per heavy atom. The first-order chi connectivity index (χ1) is 14.3. The van der Waals surface area contributed by atoms with E-state index in [4.69, 9.17) is 5.26 Å². The summed E-state index contributed by atoms with van der Waals surface area (Å²) in [4.78, 5) is 45.6. The van der Waals surface area contributed by atoms with Gasteiger partial charge in [0.25, 0.3) is 11.1 Å². The molecule has 1 amide bonds. The number of nitrogens with zero attached hydrogens (tertiary/aromatic N) is 2. The lowest BCUT2D eigenvalue weighted by Crippen LogP contribution is -2.18. The zero-order chi connectivity index (χ0) is 21.8. The van der Waals surface area contributed by atoms with Crippen LogP contribution in [-0.4, -0.2) is 20.9 Å². The first-order valence-corrected chi connectivity index (χ1v) is 9.39. The predicted octanol–water partition coefficient (Wildman–Crippen LogP) is 2.49. The molecule has 2 aromatic heterocycles. The molecule has 0 aliphatic heterocycles. The van der Waals surface area contributed by atoms with E-state index in [1.807, 2.05) is 6.07 Å². The second-order valence-electron chi connectivity index (χ2n) is 7.03. The van der Waals surface area contributed by atoms with E-state index in [0.717, 1.165) is 5.56 Å². The predicted molar refractivity (Wildman–Crippen MR) is 113 cm³/mol. The van der Waals surface area contributed by atoms with Crippen LogP contribution >= 0.6 is 0 Å². The highest BCUT2D eigenvalue weighted by molar-refractivity contribution is 5.91. The molecule has 0 spiro atoms. The van der Waals surface area contributed by atoms with Gasteiger partial charge in [-0.3, -0.25) is 14.4 Å². The van der Waals surface area contributed by atoms with Crippen molar-refractivity contribution in [3.05, 3.63) is 79.1 Å². The van der Waals surface area contributed by atoms with E-state index < -0.39 is 5.56 Å². The van der Waals surface area contributed by atoms with Crippen LogP contribution in [0.3, 0.4) is 0 Å². The van der Waals surface area contributed by atoms with Gasteiger partial charge in [-0.2, -0.15) is 5.26 Å². The highest BCUT2D eigenvalue weighted by Gasteiger charge is 2.14. The van der Waals surface area contributed by atoms with Gasteiger partial charge < -0.3 is 15.3 Å². The maximum Gasteiger partial charge on any atom is 0.266 e. The number of hydrogen-bond acceptors (Lipinski definition) is 5. The van der Waals surface area contributed by atoms with Crippen molar-refractivity contribution in [2.45, 2.75) is 33.6 Å². The third-order valence-electron chi connectivity index (χ3n) is 4.81. The smallest absolute Gasteiger partial charge is 0.266 e. The molecule has 152 valence electrons. The Labute approximate surface area is 172 Å². The van der Waals surface area contributed by atoms with Crippen LogP contribution < -0.4 is 16.4 Å². The summed E-state index contributed by atoms with van der Waals surface area (Å²) in [7, 11) is 0. The number of aromatic nitrogens is 3. The summed E-state index contributed by atoms with van der Waals surface area (Å²) in [6.07, 6.45) is 0.573. The number of H-pyrrole nitrogens is 2. The second-order valence-corrected chi connectivity index (χ2v) is 7.03. The van der Waals surface area contributed by atoms with Gasteiger partial charge in [0.15, 0.2) is 0 Å². The Hall–Kier alpha value is -3.99. The quantitative estimate of drug-likeness (QED) is 0.602. The van der Waals surface area contributed by atoms with Crippen LogP contribution in [0.15, 0.2) is 39.9 Å². The van der Waals surface area contributed by atoms with Gasteiger partial charge in [0.1, 0.15) is 17.5 Å². The van der Waals surface area contributed by atoms with E-state index in [1.54, 1.807) is 45.0 Å². The van der Waals surface area contributed by atoms with Crippen molar-refractivity contribution < 1.29 is 4.79 Å². The van der Waals surface area contributed by atoms with Crippen molar-refractivity contribution in [1.82, 2.24) is 15.0 Å². The van der Waals surface area contributed by atoms with Crippen LogP contribution in [0, 0.1) is 32.1 Å². The lowest BCUT2D eigenvalue weighted by molar-refractivity contribution is -0.116. The molecule has 8 nitrogen and oxygen atoms in total. The minimum Gasteiger partial charge on any atom is -0.326 e. The molecular formula is C22H21N5O3. The van der Waals surface area contributed by atoms with E-state index in [0.29, 0.717) is 40.4 Å². The zero-order valence-corrected chi connectivity index (χ0v) is 16.9. The molecular weight excluding hydrogens is 382 g/mol. The van der Waals surface area contributed by atoms with Crippen molar-refractivity contribution in [1.29, 1.82) is 5.26 Å². The number of carbonyl (C=O) groups is 1. The molecule has 0 saturated carbocycles. The van der Waals surface area contributed by atoms with Crippen LogP contribution in [0.25, 0.3) is 11.4 Å². The van der Waals surface area contributed by atoms with Crippen LogP contribution in [0.1, 0.15) is 34.5 Å². The monoisotopic (exact) mass is 403 g/mol. The summed E-state index contributed by atoms with van der Waals surface area (Å²) in [5, 5.41) is 12.0. The Bertz CT molecular complexity index is 1280. The first kappa shape index (κ1) is 20.7. The lowest BCUT2D eigenvalue weighted by atomic mass is 9.99. The van der Waals surface area contributed by atoms with Crippen molar-refractivity contribution in [3.8, 4) is 17.5 Å². The molecule has 0 atom stereocenters. The minimum absolute atomic E-state index is 0.0726. The molecule has 0 bridgehead atoms. The van der Waals surface area contributed by atoms with Crippen molar-refractivity contribution in [2.75, 3.05) is 5.32 Å². The number of nitriles is 1. The summed E-state index contributed by atoms with van der Waals surface area (Å²) in [5.41, 5.74) is 3.32. The standard InChI is InChI=1S/C22H21N5O3/c1-12-9-20(29)27-21(24-12)15-5-4-6-16(10-15)26-19(28)8-7-17-13(2)18(11-23)22(30)25-14(17)3/h4-6,9-10H,7-8H2,1-3H3,(H,25,30)(H,26,28)(H,24,27,29). The maximum atomic E-state index is 12.5. The van der Waals surface area contributed by atoms with Crippen LogP contribution in [0.5, 0.6) is 0 Å². The molecule has 0 aliphatic carbocycles. The highest BCUT2D eigenvalue weighted by atomic mass is 16.1. The van der Waals surface area contributed by atoms with E-state index >= 15 is 0 Å². The molecule has 0 aliphatic rings. The molecule has 0 saturated heterocycles. The Balaban J connectivity index is 1.74. The van der Waals surface area contributed by atoms with Crippen LogP contribution in [-0.2, 0) is 11.2 Å². The van der Waals surface area contributed by atoms with Crippen LogP contribution in [0.4, 0.5) is 5.69 Å². The number of anilines is 1. The Morgan fingerprint density at radius 3 is 2.63 bits per heavy atom. The van der Waals surface area contributed by atoms with Gasteiger partial charge in [0, 0.05) is 35.1 Å². The molecule has 2 heterocycles. The fourth-order valence-corrected chi connectivity index (χ4v) is 3.34. The largest absolute Gasteiger partial charge is 0.326 e. The number of aryl methyl sites for hydroxylation is 2. The topological polar surface area (TPSA) is 132 Å². The van der Waals surface area contributed by atoms with Gasteiger partial charge in [-0.25, -0.2) is 4.98 Å². The molecule has 8 heteroatoms. The molecule has 30 heavy (non-hydrogen) atoms. The number of pyridine rings is 1. The van der Waals surface area contributed by atoms with Gasteiger partial charge in [0.2, 0.25) is 5.91 Å². The molecule has 0 radical (unpaired) electrons. The number of nitrogens with one attached hydrogen (secondary N) is 3. The average molecular weight is 403 g/mol. The van der Waals surface area contributed by atoms with E-state index in [1.165, 1.54) is 6.07 Å². The van der Waals surface area contributed by atoms with E-state index in [2.05, 4.69) is 20.3 Å². The summed E-state index contributed by atoms with van der Waals surface area (Å²) in [6.45, 7) is 5.21. The summed E-state index contributed by atoms with van der Waals surface area (Å²) < 4.78 is 0. The van der Waals surface area contributed by atoms with Crippen molar-refractivity contribution in [3.63, 3.8) is 0 Å². The van der Waals surface area contributed by atoms with Crippen molar-refractivity contribution >= 4 is 11.6 Å². The van der Waals surface area contributed by atoms with Crippen LogP contribution in [0.2, 0.25) is 0 Å². The summed E-state index contributed by atoms with van der Waals surface area (Å²) in [5.74, 6) is 0.223. The maximum absolute atomic E-state index is 12.5. The number of aromatic amines is 2. The van der Waals surface area contributed by atoms with Gasteiger partial charge in [-0.05, 0) is 50.5 Å². The number of amides is 1. The molecule has 0 fully saturated rings. The van der Waals surface area contributed by atoms with Gasteiger partial charge in [-0.15, -0.1) is 0 Å². The average Bonchev–Trinajstić information content (AvgIpc) is 2.67. The fourth-order valence-electron chi connectivity index (χ4n) is 3.34. The Kier molecular flexibility index (Phi) is 5.93. The molecule has 3 N–H and O–H groups in total. The molecule has 3 rings (SSSR count). The third-order valence-corrected chi connectivity index (χ3v) is 4.81. The first-order valence-electron chi connectivity index (χ1n) is 9.39. The van der Waals surface area contributed by atoms with E-state index in [-0.39, 0.29) is 23.5 Å². The normalized spacial score (nSPS) is 10.5. The molecule has 3 aromatic rings. The number of rotatable bonds is 5. The Morgan fingerprint density at radius 1 is 1.17 bits per heavy atom. The van der Waals surface area contributed by atoms with Gasteiger partial charge >= 0.3 is 0 Å². The van der Waals surface area contributed by atoms with Crippen molar-refractivity contribution in [2.24, 2.45) is 0 Å². The fraction of sp³-hybridized carbons (Fsp3) is 0.227. The highest BCUT2D eigenvalue weighted by Crippen LogP contribution is 2.20. The summed E-state index contributed by atoms with van der Waals surface area (Å²) >= 11 is 0. The lowest BCUT2D eigenvalue weighted by Gasteiger charge is -2.11. The van der Waals surface area contributed by atoms with Gasteiger partial charge in [0.05, 0.1) is 0 Å². The SMILES string of the molecule is Cc1cc(=O)[nH]c(-c2cccc(NC(=O)CCc3c(C)[nH]c(=O)c(C#N)c3C)c2)n1. The minimum atomic E-state index is -0.416.